The molecule has 1 heterocycles. The lowest BCUT2D eigenvalue weighted by Crippen LogP contribution is -2.40. The molecule has 2 rings (SSSR count). The Morgan fingerprint density at radius 1 is 1.29 bits per heavy atom. The van der Waals surface area contributed by atoms with Crippen LogP contribution < -0.4 is 0 Å². The molecule has 21 heavy (non-hydrogen) atoms. The van der Waals surface area contributed by atoms with Gasteiger partial charge in [-0.25, -0.2) is 4.79 Å². The van der Waals surface area contributed by atoms with Crippen LogP contribution in [0.4, 0.5) is 4.79 Å². The molecule has 0 aromatic heterocycles. The van der Waals surface area contributed by atoms with Crippen molar-refractivity contribution in [2.75, 3.05) is 13.2 Å². The predicted molar refractivity (Wildman–Crippen MR) is 77.7 cm³/mol. The molecule has 114 valence electrons. The number of carbonyl (C=O) groups excluding carboxylic acids is 2. The molecular weight excluding hydrogens is 270 g/mol. The fraction of sp³-hybridized carbons (Fsp3) is 0.500. The Morgan fingerprint density at radius 3 is 2.76 bits per heavy atom. The number of carbonyl (C=O) groups is 2. The number of aliphatic hydroxyl groups excluding tert-OH is 1. The summed E-state index contributed by atoms with van der Waals surface area (Å²) in [4.78, 5) is 25.7. The maximum absolute atomic E-state index is 12.1. The van der Waals surface area contributed by atoms with E-state index in [1.807, 2.05) is 30.3 Å². The van der Waals surface area contributed by atoms with Crippen molar-refractivity contribution >= 4 is 11.9 Å². The zero-order chi connectivity index (χ0) is 15.1. The Hall–Kier alpha value is -1.88. The Morgan fingerprint density at radius 2 is 2.05 bits per heavy atom. The second-order valence-corrected chi connectivity index (χ2v) is 5.19. The number of ether oxygens (including phenoxy) is 1. The minimum absolute atomic E-state index is 0.00306. The highest BCUT2D eigenvalue weighted by molar-refractivity contribution is 5.87. The van der Waals surface area contributed by atoms with Gasteiger partial charge in [0, 0.05) is 19.6 Å². The van der Waals surface area contributed by atoms with Crippen molar-refractivity contribution < 1.29 is 19.4 Å². The third-order valence-electron chi connectivity index (χ3n) is 3.65. The normalized spacial score (nSPS) is 17.8. The van der Waals surface area contributed by atoms with E-state index in [1.54, 1.807) is 0 Å². The topological polar surface area (TPSA) is 66.8 Å². The van der Waals surface area contributed by atoms with Crippen LogP contribution in [-0.4, -0.2) is 41.1 Å². The maximum Gasteiger partial charge on any atom is 0.410 e. The third-order valence-corrected chi connectivity index (χ3v) is 3.65. The number of hydrogen-bond acceptors (Lipinski definition) is 4. The molecule has 0 unspecified atom stereocenters. The molecular formula is C16H21NO4. The Kier molecular flexibility index (Phi) is 5.75. The van der Waals surface area contributed by atoms with Crippen LogP contribution in [0.5, 0.6) is 0 Å². The number of hydrogen-bond donors (Lipinski definition) is 1. The average molecular weight is 291 g/mol. The number of rotatable bonds is 6. The quantitative estimate of drug-likeness (QED) is 0.872. The van der Waals surface area contributed by atoms with Gasteiger partial charge in [-0.1, -0.05) is 30.3 Å². The third kappa shape index (κ3) is 4.29. The summed E-state index contributed by atoms with van der Waals surface area (Å²) in [5.74, 6) is 0.0122. The molecule has 0 bridgehead atoms. The van der Waals surface area contributed by atoms with E-state index in [2.05, 4.69) is 0 Å². The van der Waals surface area contributed by atoms with Crippen LogP contribution in [0.1, 0.15) is 31.2 Å². The molecule has 0 aliphatic carbocycles. The standard InChI is InChI=1S/C16H21NO4/c18-11-5-9-15(19)14-8-4-10-17(14)16(20)21-12-13-6-2-1-3-7-13/h1-3,6-7,14,18H,4-5,8-12H2/t14-/m0/s1. The number of ketones is 1. The van der Waals surface area contributed by atoms with Gasteiger partial charge in [-0.3, -0.25) is 9.69 Å². The Bertz CT molecular complexity index is 474. The highest BCUT2D eigenvalue weighted by Crippen LogP contribution is 2.21. The minimum atomic E-state index is -0.432. The van der Waals surface area contributed by atoms with Gasteiger partial charge in [0.05, 0.1) is 6.04 Å². The van der Waals surface area contributed by atoms with Gasteiger partial charge in [0.2, 0.25) is 0 Å². The molecule has 1 N–H and O–H groups in total. The van der Waals surface area contributed by atoms with Crippen molar-refractivity contribution in [3.8, 4) is 0 Å². The van der Waals surface area contributed by atoms with Crippen LogP contribution in [0.25, 0.3) is 0 Å². The van der Waals surface area contributed by atoms with Crippen LogP contribution >= 0.6 is 0 Å². The van der Waals surface area contributed by atoms with Gasteiger partial charge >= 0.3 is 6.09 Å². The number of nitrogens with zero attached hydrogens (tertiary/aromatic N) is 1. The number of benzene rings is 1. The van der Waals surface area contributed by atoms with E-state index in [9.17, 15) is 9.59 Å². The number of amides is 1. The molecule has 1 atom stereocenters. The summed E-state index contributed by atoms with van der Waals surface area (Å²) in [6, 6.07) is 9.07. The van der Waals surface area contributed by atoms with Gasteiger partial charge in [0.15, 0.2) is 5.78 Å². The maximum atomic E-state index is 12.1. The fourth-order valence-electron chi connectivity index (χ4n) is 2.54. The van der Waals surface area contributed by atoms with Gasteiger partial charge in [-0.2, -0.15) is 0 Å². The molecule has 0 saturated carbocycles. The SMILES string of the molecule is O=C(CCCO)[C@@H]1CCCN1C(=O)OCc1ccccc1. The van der Waals surface area contributed by atoms with E-state index in [0.29, 0.717) is 25.8 Å². The van der Waals surface area contributed by atoms with E-state index in [4.69, 9.17) is 9.84 Å². The first-order valence-corrected chi connectivity index (χ1v) is 7.33. The molecule has 1 aliphatic rings. The van der Waals surface area contributed by atoms with E-state index < -0.39 is 6.09 Å². The van der Waals surface area contributed by atoms with Crippen LogP contribution in [0, 0.1) is 0 Å². The lowest BCUT2D eigenvalue weighted by molar-refractivity contribution is -0.123. The smallest absolute Gasteiger partial charge is 0.410 e. The summed E-state index contributed by atoms with van der Waals surface area (Å²) >= 11 is 0. The fourth-order valence-corrected chi connectivity index (χ4v) is 2.54. The first-order chi connectivity index (χ1) is 10.2. The Balaban J connectivity index is 1.87. The van der Waals surface area contributed by atoms with Crippen molar-refractivity contribution in [1.82, 2.24) is 4.90 Å². The molecule has 1 aromatic carbocycles. The molecule has 0 radical (unpaired) electrons. The number of aliphatic hydroxyl groups is 1. The largest absolute Gasteiger partial charge is 0.445 e. The van der Waals surface area contributed by atoms with Crippen LogP contribution in [0.2, 0.25) is 0 Å². The first kappa shape index (κ1) is 15.5. The van der Waals surface area contributed by atoms with Crippen molar-refractivity contribution in [2.45, 2.75) is 38.3 Å². The van der Waals surface area contributed by atoms with Crippen LogP contribution in [0.15, 0.2) is 30.3 Å². The lowest BCUT2D eigenvalue weighted by Gasteiger charge is -2.23. The van der Waals surface area contributed by atoms with Crippen molar-refractivity contribution in [3.63, 3.8) is 0 Å². The molecule has 1 aromatic rings. The first-order valence-electron chi connectivity index (χ1n) is 7.33. The van der Waals surface area contributed by atoms with Gasteiger partial charge in [-0.15, -0.1) is 0 Å². The summed E-state index contributed by atoms with van der Waals surface area (Å²) in [5.41, 5.74) is 0.924. The number of likely N-dealkylation sites (tertiary alicyclic amines) is 1. The summed E-state index contributed by atoms with van der Waals surface area (Å²) in [7, 11) is 0. The van der Waals surface area contributed by atoms with Crippen LogP contribution in [-0.2, 0) is 16.1 Å². The molecule has 1 amide bonds. The van der Waals surface area contributed by atoms with Crippen LogP contribution in [0.3, 0.4) is 0 Å². The minimum Gasteiger partial charge on any atom is -0.445 e. The summed E-state index contributed by atoms with van der Waals surface area (Å²) < 4.78 is 5.28. The monoisotopic (exact) mass is 291 g/mol. The van der Waals surface area contributed by atoms with Gasteiger partial charge in [-0.05, 0) is 24.8 Å². The van der Waals surface area contributed by atoms with Crippen molar-refractivity contribution in [3.05, 3.63) is 35.9 Å². The molecule has 0 spiro atoms. The molecule has 5 heteroatoms. The molecule has 1 fully saturated rings. The van der Waals surface area contributed by atoms with E-state index in [0.717, 1.165) is 12.0 Å². The summed E-state index contributed by atoms with van der Waals surface area (Å²) in [5, 5.41) is 8.79. The molecule has 5 nitrogen and oxygen atoms in total. The lowest BCUT2D eigenvalue weighted by atomic mass is 10.1. The highest BCUT2D eigenvalue weighted by atomic mass is 16.6. The molecule has 1 saturated heterocycles. The summed E-state index contributed by atoms with van der Waals surface area (Å²) in [6.45, 7) is 0.772. The second-order valence-electron chi connectivity index (χ2n) is 5.19. The Labute approximate surface area is 124 Å². The van der Waals surface area contributed by atoms with E-state index in [-0.39, 0.29) is 25.0 Å². The zero-order valence-corrected chi connectivity index (χ0v) is 12.0. The van der Waals surface area contributed by atoms with Crippen molar-refractivity contribution in [1.29, 1.82) is 0 Å². The van der Waals surface area contributed by atoms with Gasteiger partial charge in [0.25, 0.3) is 0 Å². The van der Waals surface area contributed by atoms with Gasteiger partial charge < -0.3 is 9.84 Å². The second kappa shape index (κ2) is 7.78. The van der Waals surface area contributed by atoms with E-state index in [1.165, 1.54) is 4.90 Å². The molecule has 1 aliphatic heterocycles. The zero-order valence-electron chi connectivity index (χ0n) is 12.0. The summed E-state index contributed by atoms with van der Waals surface area (Å²) in [6.07, 6.45) is 1.82. The number of Topliss-reactive ketones (excluding diaryl/α,β-unsaturated/α-hetero) is 1. The van der Waals surface area contributed by atoms with Crippen molar-refractivity contribution in [2.24, 2.45) is 0 Å². The predicted octanol–water partition coefficient (Wildman–Crippen LogP) is 2.13. The highest BCUT2D eigenvalue weighted by Gasteiger charge is 2.34. The van der Waals surface area contributed by atoms with E-state index >= 15 is 0 Å². The van der Waals surface area contributed by atoms with Gasteiger partial charge in [0.1, 0.15) is 6.61 Å². The average Bonchev–Trinajstić information content (AvgIpc) is 3.01.